The summed E-state index contributed by atoms with van der Waals surface area (Å²) in [6.07, 6.45) is 3.38. The van der Waals surface area contributed by atoms with Crippen molar-refractivity contribution in [2.45, 2.75) is 45.4 Å². The first-order valence-electron chi connectivity index (χ1n) is 14.2. The first kappa shape index (κ1) is 29.1. The second-order valence-corrected chi connectivity index (χ2v) is 10.7. The second kappa shape index (κ2) is 13.5. The van der Waals surface area contributed by atoms with Crippen LogP contribution >= 0.6 is 0 Å². The molecule has 0 saturated carbocycles. The maximum atomic E-state index is 6.22. The lowest BCUT2D eigenvalue weighted by Crippen LogP contribution is -2.28. The first-order valence-corrected chi connectivity index (χ1v) is 14.2. The van der Waals surface area contributed by atoms with E-state index in [9.17, 15) is 0 Å². The summed E-state index contributed by atoms with van der Waals surface area (Å²) in [4.78, 5) is 2.15. The van der Waals surface area contributed by atoms with Crippen LogP contribution in [0.5, 0.6) is 5.75 Å². The van der Waals surface area contributed by atoms with Crippen molar-refractivity contribution in [3.63, 3.8) is 0 Å². The fraction of sp³-hybridized carbons (Fsp3) is 0.471. The number of aryl methyl sites for hydroxylation is 2. The van der Waals surface area contributed by atoms with Gasteiger partial charge in [-0.1, -0.05) is 73.4 Å². The summed E-state index contributed by atoms with van der Waals surface area (Å²) in [5, 5.41) is 0. The van der Waals surface area contributed by atoms with E-state index in [0.717, 1.165) is 30.7 Å². The molecule has 1 aliphatic rings. The number of hydrogen-bond acceptors (Lipinski definition) is 5. The number of nitrogens with zero attached hydrogens (tertiary/aromatic N) is 1. The van der Waals surface area contributed by atoms with Gasteiger partial charge in [0, 0.05) is 26.6 Å². The van der Waals surface area contributed by atoms with E-state index in [0.29, 0.717) is 39.6 Å². The van der Waals surface area contributed by atoms with E-state index in [1.807, 2.05) is 0 Å². The van der Waals surface area contributed by atoms with Crippen molar-refractivity contribution in [3.05, 3.63) is 82.4 Å². The Labute approximate surface area is 235 Å². The zero-order valence-corrected chi connectivity index (χ0v) is 24.6. The van der Waals surface area contributed by atoms with Crippen LogP contribution in [0.25, 0.3) is 11.1 Å². The summed E-state index contributed by atoms with van der Waals surface area (Å²) in [7, 11) is 5.84. The van der Waals surface area contributed by atoms with Gasteiger partial charge in [-0.05, 0) is 60.2 Å². The molecule has 4 rings (SSSR count). The van der Waals surface area contributed by atoms with Crippen molar-refractivity contribution >= 4 is 5.69 Å². The smallest absolute Gasteiger partial charge is 0.142 e. The highest BCUT2D eigenvalue weighted by Crippen LogP contribution is 2.56. The molecular weight excluding hydrogens is 486 g/mol. The van der Waals surface area contributed by atoms with E-state index in [4.69, 9.17) is 18.9 Å². The largest absolute Gasteiger partial charge is 0.489 e. The highest BCUT2D eigenvalue weighted by Gasteiger charge is 2.44. The Morgan fingerprint density at radius 1 is 0.718 bits per heavy atom. The molecule has 0 fully saturated rings. The van der Waals surface area contributed by atoms with Crippen LogP contribution in [-0.4, -0.2) is 60.8 Å². The number of benzene rings is 3. The molecule has 0 aliphatic heterocycles. The molecule has 0 amide bonds. The molecule has 0 spiro atoms. The maximum Gasteiger partial charge on any atom is 0.142 e. The summed E-state index contributed by atoms with van der Waals surface area (Å²) in [6.45, 7) is 9.99. The Balaban J connectivity index is 1.63. The Bertz CT molecular complexity index is 1180. The van der Waals surface area contributed by atoms with Gasteiger partial charge in [0.05, 0.1) is 38.7 Å². The summed E-state index contributed by atoms with van der Waals surface area (Å²) in [5.74, 6) is 0.876. The minimum atomic E-state index is -0.187. The number of fused-ring (bicyclic) bond motifs is 3. The fourth-order valence-corrected chi connectivity index (χ4v) is 5.73. The molecule has 1 aliphatic carbocycles. The Morgan fingerprint density at radius 2 is 1.31 bits per heavy atom. The quantitative estimate of drug-likeness (QED) is 0.199. The number of methoxy groups -OCH3 is 1. The summed E-state index contributed by atoms with van der Waals surface area (Å²) >= 11 is 0. The molecule has 0 heterocycles. The molecule has 0 saturated heterocycles. The van der Waals surface area contributed by atoms with Crippen molar-refractivity contribution in [1.29, 1.82) is 0 Å². The van der Waals surface area contributed by atoms with Crippen molar-refractivity contribution in [1.82, 2.24) is 0 Å². The number of ether oxygens (including phenoxy) is 4. The van der Waals surface area contributed by atoms with E-state index >= 15 is 0 Å². The summed E-state index contributed by atoms with van der Waals surface area (Å²) in [6, 6.07) is 20.7. The Hall–Kier alpha value is -2.86. The van der Waals surface area contributed by atoms with Gasteiger partial charge in [-0.15, -0.1) is 0 Å². The van der Waals surface area contributed by atoms with E-state index in [1.165, 1.54) is 38.9 Å². The van der Waals surface area contributed by atoms with Gasteiger partial charge in [-0.3, -0.25) is 0 Å². The lowest BCUT2D eigenvalue weighted by atomic mass is 9.68. The average Bonchev–Trinajstić information content (AvgIpc) is 3.19. The van der Waals surface area contributed by atoms with Crippen molar-refractivity contribution in [2.24, 2.45) is 0 Å². The monoisotopic (exact) mass is 531 g/mol. The van der Waals surface area contributed by atoms with Crippen molar-refractivity contribution in [2.75, 3.05) is 65.7 Å². The van der Waals surface area contributed by atoms with Crippen molar-refractivity contribution < 1.29 is 18.9 Å². The Morgan fingerprint density at radius 3 is 1.87 bits per heavy atom. The molecule has 0 N–H and O–H groups in total. The van der Waals surface area contributed by atoms with Crippen LogP contribution in [0, 0.1) is 13.8 Å². The van der Waals surface area contributed by atoms with E-state index in [1.54, 1.807) is 7.11 Å². The van der Waals surface area contributed by atoms with Gasteiger partial charge in [0.25, 0.3) is 0 Å². The third-order valence-electron chi connectivity index (χ3n) is 7.69. The van der Waals surface area contributed by atoms with Gasteiger partial charge in [-0.2, -0.15) is 0 Å². The second-order valence-electron chi connectivity index (χ2n) is 10.7. The third kappa shape index (κ3) is 6.32. The van der Waals surface area contributed by atoms with E-state index in [2.05, 4.69) is 94.4 Å². The number of hydrogen-bond donors (Lipinski definition) is 0. The SMILES string of the molecule is CCCCC1(c2ccc(OCCOCCOCCOC)c(N(C)C)c2)c2cc(C)ccc2-c2ccc(C)cc21. The highest BCUT2D eigenvalue weighted by molar-refractivity contribution is 5.84. The average molecular weight is 532 g/mol. The topological polar surface area (TPSA) is 40.2 Å². The molecular formula is C34H45NO4. The molecule has 210 valence electrons. The van der Waals surface area contributed by atoms with Crippen LogP contribution in [0.2, 0.25) is 0 Å². The summed E-state index contributed by atoms with van der Waals surface area (Å²) in [5.41, 5.74) is 10.4. The highest BCUT2D eigenvalue weighted by atomic mass is 16.6. The van der Waals surface area contributed by atoms with E-state index < -0.39 is 0 Å². The van der Waals surface area contributed by atoms with Gasteiger partial charge in [0.2, 0.25) is 0 Å². The molecule has 3 aromatic carbocycles. The van der Waals surface area contributed by atoms with Gasteiger partial charge in [0.15, 0.2) is 0 Å². The number of anilines is 1. The molecule has 39 heavy (non-hydrogen) atoms. The fourth-order valence-electron chi connectivity index (χ4n) is 5.73. The molecule has 5 heteroatoms. The Kier molecular flexibility index (Phi) is 10.1. The van der Waals surface area contributed by atoms with Crippen LogP contribution in [0.1, 0.15) is 54.0 Å². The van der Waals surface area contributed by atoms with Gasteiger partial charge in [0.1, 0.15) is 12.4 Å². The van der Waals surface area contributed by atoms with Crippen LogP contribution in [0.15, 0.2) is 54.6 Å². The zero-order chi connectivity index (χ0) is 27.8. The van der Waals surface area contributed by atoms with Gasteiger partial charge < -0.3 is 23.8 Å². The molecule has 0 bridgehead atoms. The molecule has 0 unspecified atom stereocenters. The predicted molar refractivity (Wildman–Crippen MR) is 161 cm³/mol. The first-order chi connectivity index (χ1) is 18.9. The molecule has 3 aromatic rings. The lowest BCUT2D eigenvalue weighted by Gasteiger charge is -2.34. The molecule has 0 aromatic heterocycles. The zero-order valence-electron chi connectivity index (χ0n) is 24.6. The van der Waals surface area contributed by atoms with Crippen LogP contribution < -0.4 is 9.64 Å². The van der Waals surface area contributed by atoms with Gasteiger partial charge in [-0.25, -0.2) is 0 Å². The number of unbranched alkanes of at least 4 members (excludes halogenated alkanes) is 1. The maximum absolute atomic E-state index is 6.22. The van der Waals surface area contributed by atoms with Crippen molar-refractivity contribution in [3.8, 4) is 16.9 Å². The molecule has 0 atom stereocenters. The summed E-state index contributed by atoms with van der Waals surface area (Å²) < 4.78 is 22.4. The van der Waals surface area contributed by atoms with Crippen LogP contribution in [0.3, 0.4) is 0 Å². The third-order valence-corrected chi connectivity index (χ3v) is 7.69. The van der Waals surface area contributed by atoms with Crippen LogP contribution in [-0.2, 0) is 19.6 Å². The minimum absolute atomic E-state index is 0.187. The van der Waals surface area contributed by atoms with Crippen LogP contribution in [0.4, 0.5) is 5.69 Å². The molecule has 0 radical (unpaired) electrons. The molecule has 5 nitrogen and oxygen atoms in total. The number of rotatable bonds is 15. The minimum Gasteiger partial charge on any atom is -0.489 e. The standard InChI is InChI=1S/C34H45NO4/c1-7-8-15-34(30-22-25(2)9-12-28(30)29-13-10-26(3)23-31(29)34)27-11-14-33(32(24-27)35(4)5)39-21-20-38-19-18-37-17-16-36-6/h9-14,22-24H,7-8,15-21H2,1-6H3. The van der Waals surface area contributed by atoms with E-state index in [-0.39, 0.29) is 5.41 Å². The lowest BCUT2D eigenvalue weighted by molar-refractivity contribution is 0.0180. The van der Waals surface area contributed by atoms with Gasteiger partial charge >= 0.3 is 0 Å². The normalized spacial score (nSPS) is 13.3. The predicted octanol–water partition coefficient (Wildman–Crippen LogP) is 6.93.